The first-order chi connectivity index (χ1) is 9.10. The molecule has 1 unspecified atom stereocenters. The maximum atomic E-state index is 13.8. The Balaban J connectivity index is 2.21. The summed E-state index contributed by atoms with van der Waals surface area (Å²) in [5.74, 6) is -0.144. The fourth-order valence-electron chi connectivity index (χ4n) is 2.13. The highest BCUT2D eigenvalue weighted by molar-refractivity contribution is 6.30. The molecule has 0 bridgehead atoms. The summed E-state index contributed by atoms with van der Waals surface area (Å²) in [5, 5.41) is 0.417. The molecule has 0 heterocycles. The Bertz CT molecular complexity index is 551. The minimum atomic E-state index is -0.266. The van der Waals surface area contributed by atoms with Gasteiger partial charge in [0.1, 0.15) is 5.82 Å². The first-order valence-corrected chi connectivity index (χ1v) is 6.68. The van der Waals surface area contributed by atoms with Crippen LogP contribution in [-0.4, -0.2) is 6.54 Å². The lowest BCUT2D eigenvalue weighted by molar-refractivity contribution is 0.590. The lowest BCUT2D eigenvalue weighted by atomic mass is 9.91. The van der Waals surface area contributed by atoms with Crippen LogP contribution in [0.3, 0.4) is 0 Å². The van der Waals surface area contributed by atoms with Gasteiger partial charge in [-0.3, -0.25) is 0 Å². The van der Waals surface area contributed by atoms with Crippen LogP contribution < -0.4 is 5.73 Å². The van der Waals surface area contributed by atoms with E-state index in [1.165, 1.54) is 11.6 Å². The van der Waals surface area contributed by atoms with Crippen molar-refractivity contribution in [2.45, 2.75) is 19.3 Å². The summed E-state index contributed by atoms with van der Waals surface area (Å²) in [6.45, 7) is 2.53. The quantitative estimate of drug-likeness (QED) is 0.896. The molecule has 0 aliphatic carbocycles. The van der Waals surface area contributed by atoms with Gasteiger partial charge in [-0.2, -0.15) is 0 Å². The van der Waals surface area contributed by atoms with Crippen LogP contribution in [0.5, 0.6) is 0 Å². The SMILES string of the molecule is Cc1ccc(C(CN)Cc2ccc(Cl)cc2F)cc1. The summed E-state index contributed by atoms with van der Waals surface area (Å²) in [7, 11) is 0. The Morgan fingerprint density at radius 1 is 1.16 bits per heavy atom. The fraction of sp³-hybridized carbons (Fsp3) is 0.250. The van der Waals surface area contributed by atoms with Crippen molar-refractivity contribution in [2.24, 2.45) is 5.73 Å². The Morgan fingerprint density at radius 3 is 2.42 bits per heavy atom. The van der Waals surface area contributed by atoms with E-state index in [1.807, 2.05) is 6.92 Å². The summed E-state index contributed by atoms with van der Waals surface area (Å²) in [6, 6.07) is 13.0. The van der Waals surface area contributed by atoms with E-state index in [1.54, 1.807) is 12.1 Å². The molecular weight excluding hydrogens is 261 g/mol. The minimum absolute atomic E-state index is 0.122. The molecular formula is C16H17ClFN. The van der Waals surface area contributed by atoms with Crippen LogP contribution in [0.4, 0.5) is 4.39 Å². The Morgan fingerprint density at radius 2 is 1.84 bits per heavy atom. The predicted octanol–water partition coefficient (Wildman–Crippen LogP) is 4.07. The van der Waals surface area contributed by atoms with Crippen LogP contribution in [0.15, 0.2) is 42.5 Å². The summed E-state index contributed by atoms with van der Waals surface area (Å²) >= 11 is 5.76. The van der Waals surface area contributed by atoms with E-state index in [0.29, 0.717) is 23.6 Å². The van der Waals surface area contributed by atoms with Gasteiger partial charge >= 0.3 is 0 Å². The average molecular weight is 278 g/mol. The highest BCUT2D eigenvalue weighted by Crippen LogP contribution is 2.23. The monoisotopic (exact) mass is 277 g/mol. The molecule has 19 heavy (non-hydrogen) atoms. The van der Waals surface area contributed by atoms with Crippen molar-refractivity contribution in [3.05, 3.63) is 70.0 Å². The number of nitrogens with two attached hydrogens (primary N) is 1. The van der Waals surface area contributed by atoms with Crippen molar-refractivity contribution in [1.29, 1.82) is 0 Å². The lowest BCUT2D eigenvalue weighted by Crippen LogP contribution is -2.15. The molecule has 100 valence electrons. The van der Waals surface area contributed by atoms with E-state index in [2.05, 4.69) is 24.3 Å². The van der Waals surface area contributed by atoms with Crippen molar-refractivity contribution >= 4 is 11.6 Å². The van der Waals surface area contributed by atoms with Crippen molar-refractivity contribution in [3.63, 3.8) is 0 Å². The Kier molecular flexibility index (Phi) is 4.56. The van der Waals surface area contributed by atoms with E-state index < -0.39 is 0 Å². The molecule has 0 saturated carbocycles. The first kappa shape index (κ1) is 14.0. The highest BCUT2D eigenvalue weighted by Gasteiger charge is 2.13. The second-order valence-corrected chi connectivity index (χ2v) is 5.22. The number of hydrogen-bond donors (Lipinski definition) is 1. The summed E-state index contributed by atoms with van der Waals surface area (Å²) in [4.78, 5) is 0. The van der Waals surface area contributed by atoms with Crippen LogP contribution >= 0.6 is 11.6 Å². The molecule has 0 spiro atoms. The van der Waals surface area contributed by atoms with Crippen LogP contribution in [0.25, 0.3) is 0 Å². The smallest absolute Gasteiger partial charge is 0.127 e. The molecule has 0 fully saturated rings. The van der Waals surface area contributed by atoms with Gasteiger partial charge in [0.2, 0.25) is 0 Å². The number of hydrogen-bond acceptors (Lipinski definition) is 1. The van der Waals surface area contributed by atoms with Gasteiger partial charge in [-0.05, 0) is 43.1 Å². The van der Waals surface area contributed by atoms with Gasteiger partial charge in [0.05, 0.1) is 0 Å². The molecule has 0 aliphatic rings. The predicted molar refractivity (Wildman–Crippen MR) is 78.1 cm³/mol. The normalized spacial score (nSPS) is 12.4. The molecule has 0 saturated heterocycles. The third-order valence-corrected chi connectivity index (χ3v) is 3.55. The molecule has 0 aromatic heterocycles. The van der Waals surface area contributed by atoms with Gasteiger partial charge in [0.15, 0.2) is 0 Å². The molecule has 0 radical (unpaired) electrons. The summed E-state index contributed by atoms with van der Waals surface area (Å²) in [5.41, 5.74) is 8.82. The maximum Gasteiger partial charge on any atom is 0.127 e. The summed E-state index contributed by atoms with van der Waals surface area (Å²) < 4.78 is 13.8. The average Bonchev–Trinajstić information content (AvgIpc) is 2.39. The first-order valence-electron chi connectivity index (χ1n) is 6.30. The van der Waals surface area contributed by atoms with Crippen LogP contribution in [0, 0.1) is 12.7 Å². The van der Waals surface area contributed by atoms with Gasteiger partial charge < -0.3 is 5.73 Å². The molecule has 2 aromatic carbocycles. The number of aryl methyl sites for hydroxylation is 1. The van der Waals surface area contributed by atoms with Crippen LogP contribution in [-0.2, 0) is 6.42 Å². The number of halogens is 2. The van der Waals surface area contributed by atoms with Gasteiger partial charge in [-0.1, -0.05) is 47.5 Å². The van der Waals surface area contributed by atoms with Crippen molar-refractivity contribution < 1.29 is 4.39 Å². The Hall–Kier alpha value is -1.38. The van der Waals surface area contributed by atoms with Gasteiger partial charge in [-0.25, -0.2) is 4.39 Å². The molecule has 2 aromatic rings. The zero-order valence-electron chi connectivity index (χ0n) is 10.9. The second-order valence-electron chi connectivity index (χ2n) is 4.78. The fourth-order valence-corrected chi connectivity index (χ4v) is 2.29. The summed E-state index contributed by atoms with van der Waals surface area (Å²) in [6.07, 6.45) is 0.586. The van der Waals surface area contributed by atoms with E-state index >= 15 is 0 Å². The minimum Gasteiger partial charge on any atom is -0.330 e. The van der Waals surface area contributed by atoms with Crippen molar-refractivity contribution in [3.8, 4) is 0 Å². The molecule has 1 atom stereocenters. The van der Waals surface area contributed by atoms with Gasteiger partial charge in [-0.15, -0.1) is 0 Å². The molecule has 1 nitrogen and oxygen atoms in total. The Labute approximate surface area is 118 Å². The molecule has 2 N–H and O–H groups in total. The highest BCUT2D eigenvalue weighted by atomic mass is 35.5. The largest absolute Gasteiger partial charge is 0.330 e. The molecule has 0 amide bonds. The van der Waals surface area contributed by atoms with E-state index in [4.69, 9.17) is 17.3 Å². The zero-order chi connectivity index (χ0) is 13.8. The lowest BCUT2D eigenvalue weighted by Gasteiger charge is -2.16. The molecule has 2 rings (SSSR count). The standard InChI is InChI=1S/C16H17ClFN/c1-11-2-4-12(5-3-11)14(10-19)8-13-6-7-15(17)9-16(13)18/h2-7,9,14H,8,10,19H2,1H3. The van der Waals surface area contributed by atoms with Gasteiger partial charge in [0, 0.05) is 10.9 Å². The molecule has 3 heteroatoms. The van der Waals surface area contributed by atoms with E-state index in [-0.39, 0.29) is 11.7 Å². The van der Waals surface area contributed by atoms with Crippen molar-refractivity contribution in [2.75, 3.05) is 6.54 Å². The van der Waals surface area contributed by atoms with E-state index in [9.17, 15) is 4.39 Å². The van der Waals surface area contributed by atoms with Crippen LogP contribution in [0.2, 0.25) is 5.02 Å². The third kappa shape index (κ3) is 3.55. The number of rotatable bonds is 4. The third-order valence-electron chi connectivity index (χ3n) is 3.31. The van der Waals surface area contributed by atoms with Gasteiger partial charge in [0.25, 0.3) is 0 Å². The topological polar surface area (TPSA) is 26.0 Å². The van der Waals surface area contributed by atoms with E-state index in [0.717, 1.165) is 5.56 Å². The maximum absolute atomic E-state index is 13.8. The molecule has 0 aliphatic heterocycles. The second kappa shape index (κ2) is 6.18. The van der Waals surface area contributed by atoms with Crippen molar-refractivity contribution in [1.82, 2.24) is 0 Å². The zero-order valence-corrected chi connectivity index (χ0v) is 11.6. The number of benzene rings is 2. The van der Waals surface area contributed by atoms with Crippen LogP contribution in [0.1, 0.15) is 22.6 Å².